The standard InChI is InChI=1S/C18H20N4O2S/c1-21-9-8-19-18(21)17-16(15-5-3-2-4-6-15)20-13-22(17)11-14-7-10-25(23,24)12-14/h2-6,8-9,13-14H,7,10-12H2,1H3/t14-/m0/s1. The molecule has 3 aromatic rings. The van der Waals surface area contributed by atoms with Crippen LogP contribution in [0.3, 0.4) is 0 Å². The van der Waals surface area contributed by atoms with E-state index in [4.69, 9.17) is 0 Å². The minimum Gasteiger partial charge on any atom is -0.333 e. The maximum Gasteiger partial charge on any atom is 0.158 e. The van der Waals surface area contributed by atoms with Crippen molar-refractivity contribution in [3.63, 3.8) is 0 Å². The summed E-state index contributed by atoms with van der Waals surface area (Å²) in [5, 5.41) is 0. The van der Waals surface area contributed by atoms with E-state index in [1.54, 1.807) is 12.5 Å². The van der Waals surface area contributed by atoms with E-state index in [2.05, 4.69) is 14.5 Å². The molecule has 1 aliphatic rings. The van der Waals surface area contributed by atoms with Gasteiger partial charge in [0, 0.05) is 31.5 Å². The molecule has 4 rings (SSSR count). The molecule has 1 saturated heterocycles. The summed E-state index contributed by atoms with van der Waals surface area (Å²) in [6.07, 6.45) is 6.18. The lowest BCUT2D eigenvalue weighted by Crippen LogP contribution is -2.13. The van der Waals surface area contributed by atoms with Crippen molar-refractivity contribution in [3.05, 3.63) is 49.1 Å². The molecule has 0 aliphatic carbocycles. The van der Waals surface area contributed by atoms with Crippen LogP contribution in [0.25, 0.3) is 22.8 Å². The van der Waals surface area contributed by atoms with Gasteiger partial charge in [-0.25, -0.2) is 18.4 Å². The lowest BCUT2D eigenvalue weighted by atomic mass is 10.1. The van der Waals surface area contributed by atoms with Gasteiger partial charge in [0.2, 0.25) is 0 Å². The molecule has 25 heavy (non-hydrogen) atoms. The fraction of sp³-hybridized carbons (Fsp3) is 0.333. The highest BCUT2D eigenvalue weighted by molar-refractivity contribution is 7.91. The number of aryl methyl sites for hydroxylation is 1. The van der Waals surface area contributed by atoms with Crippen LogP contribution < -0.4 is 0 Å². The Morgan fingerprint density at radius 1 is 1.20 bits per heavy atom. The van der Waals surface area contributed by atoms with E-state index in [-0.39, 0.29) is 17.4 Å². The van der Waals surface area contributed by atoms with Crippen LogP contribution >= 0.6 is 0 Å². The molecule has 0 radical (unpaired) electrons. The van der Waals surface area contributed by atoms with Gasteiger partial charge in [-0.3, -0.25) is 0 Å². The van der Waals surface area contributed by atoms with Crippen LogP contribution in [0, 0.1) is 5.92 Å². The zero-order valence-electron chi connectivity index (χ0n) is 14.0. The molecule has 1 aliphatic heterocycles. The number of rotatable bonds is 4. The van der Waals surface area contributed by atoms with Crippen LogP contribution in [0.1, 0.15) is 6.42 Å². The molecular formula is C18H20N4O2S. The third kappa shape index (κ3) is 3.11. The fourth-order valence-corrected chi connectivity index (χ4v) is 5.30. The van der Waals surface area contributed by atoms with Crippen LogP contribution in [0.15, 0.2) is 49.1 Å². The van der Waals surface area contributed by atoms with Gasteiger partial charge < -0.3 is 9.13 Å². The number of imidazole rings is 2. The first kappa shape index (κ1) is 16.1. The molecule has 0 spiro atoms. The van der Waals surface area contributed by atoms with Gasteiger partial charge in [0.1, 0.15) is 5.69 Å². The number of nitrogens with zero attached hydrogens (tertiary/aromatic N) is 4. The topological polar surface area (TPSA) is 69.8 Å². The minimum absolute atomic E-state index is 0.127. The molecule has 0 unspecified atom stereocenters. The normalized spacial score (nSPS) is 19.3. The number of benzene rings is 1. The van der Waals surface area contributed by atoms with E-state index < -0.39 is 9.84 Å². The zero-order chi connectivity index (χ0) is 17.4. The van der Waals surface area contributed by atoms with E-state index in [9.17, 15) is 8.42 Å². The van der Waals surface area contributed by atoms with E-state index >= 15 is 0 Å². The predicted molar refractivity (Wildman–Crippen MR) is 96.6 cm³/mol. The molecule has 7 heteroatoms. The zero-order valence-corrected chi connectivity index (χ0v) is 14.9. The summed E-state index contributed by atoms with van der Waals surface area (Å²) in [6.45, 7) is 0.640. The van der Waals surface area contributed by atoms with Crippen molar-refractivity contribution in [1.82, 2.24) is 19.1 Å². The summed E-state index contributed by atoms with van der Waals surface area (Å²) < 4.78 is 27.6. The molecule has 3 heterocycles. The molecule has 2 aromatic heterocycles. The van der Waals surface area contributed by atoms with Crippen molar-refractivity contribution in [2.45, 2.75) is 13.0 Å². The quantitative estimate of drug-likeness (QED) is 0.720. The monoisotopic (exact) mass is 356 g/mol. The average molecular weight is 356 g/mol. The largest absolute Gasteiger partial charge is 0.333 e. The van der Waals surface area contributed by atoms with E-state index in [1.807, 2.05) is 48.1 Å². The average Bonchev–Trinajstić information content (AvgIpc) is 3.27. The maximum atomic E-state index is 11.8. The summed E-state index contributed by atoms with van der Waals surface area (Å²) in [5.41, 5.74) is 2.83. The number of hydrogen-bond donors (Lipinski definition) is 0. The third-order valence-corrected chi connectivity index (χ3v) is 6.54. The van der Waals surface area contributed by atoms with Gasteiger partial charge >= 0.3 is 0 Å². The summed E-state index contributed by atoms with van der Waals surface area (Å²) in [5.74, 6) is 1.50. The number of aromatic nitrogens is 4. The smallest absolute Gasteiger partial charge is 0.158 e. The fourth-order valence-electron chi connectivity index (χ4n) is 3.45. The van der Waals surface area contributed by atoms with Crippen LogP contribution in [0.2, 0.25) is 0 Å². The molecule has 1 atom stereocenters. The van der Waals surface area contributed by atoms with Crippen molar-refractivity contribution in [2.75, 3.05) is 11.5 Å². The summed E-state index contributed by atoms with van der Waals surface area (Å²) in [4.78, 5) is 9.11. The van der Waals surface area contributed by atoms with Crippen molar-refractivity contribution in [1.29, 1.82) is 0 Å². The Labute approximate surface area is 147 Å². The summed E-state index contributed by atoms with van der Waals surface area (Å²) >= 11 is 0. The Hall–Kier alpha value is -2.41. The van der Waals surface area contributed by atoms with Crippen LogP contribution in [-0.4, -0.2) is 39.0 Å². The van der Waals surface area contributed by atoms with Gasteiger partial charge in [-0.2, -0.15) is 0 Å². The second-order valence-corrected chi connectivity index (χ2v) is 8.82. The van der Waals surface area contributed by atoms with Gasteiger partial charge in [-0.1, -0.05) is 30.3 Å². The van der Waals surface area contributed by atoms with Crippen LogP contribution in [0.5, 0.6) is 0 Å². The highest BCUT2D eigenvalue weighted by Gasteiger charge is 2.29. The lowest BCUT2D eigenvalue weighted by molar-refractivity contribution is 0.492. The number of hydrogen-bond acceptors (Lipinski definition) is 4. The van der Waals surface area contributed by atoms with Crippen molar-refractivity contribution >= 4 is 9.84 Å². The molecule has 1 fully saturated rings. The maximum absolute atomic E-state index is 11.8. The first-order valence-electron chi connectivity index (χ1n) is 8.32. The molecular weight excluding hydrogens is 336 g/mol. The molecule has 130 valence electrons. The van der Waals surface area contributed by atoms with E-state index in [0.29, 0.717) is 13.0 Å². The van der Waals surface area contributed by atoms with Crippen molar-refractivity contribution in [2.24, 2.45) is 13.0 Å². The van der Waals surface area contributed by atoms with Crippen LogP contribution in [0.4, 0.5) is 0 Å². The highest BCUT2D eigenvalue weighted by atomic mass is 32.2. The Morgan fingerprint density at radius 2 is 2.00 bits per heavy atom. The van der Waals surface area contributed by atoms with Gasteiger partial charge in [0.25, 0.3) is 0 Å². The molecule has 0 N–H and O–H groups in total. The second-order valence-electron chi connectivity index (χ2n) is 6.59. The van der Waals surface area contributed by atoms with Gasteiger partial charge in [0.05, 0.1) is 23.5 Å². The summed E-state index contributed by atoms with van der Waals surface area (Å²) in [7, 11) is -0.937. The van der Waals surface area contributed by atoms with Gasteiger partial charge in [-0.05, 0) is 12.3 Å². The van der Waals surface area contributed by atoms with Gasteiger partial charge in [-0.15, -0.1) is 0 Å². The Balaban J connectivity index is 1.77. The SMILES string of the molecule is Cn1ccnc1-c1c(-c2ccccc2)ncn1C[C@@H]1CCS(=O)(=O)C1. The Morgan fingerprint density at radius 3 is 2.64 bits per heavy atom. The van der Waals surface area contributed by atoms with Gasteiger partial charge in [0.15, 0.2) is 15.7 Å². The minimum atomic E-state index is -2.89. The lowest BCUT2D eigenvalue weighted by Gasteiger charge is -2.13. The molecule has 0 bridgehead atoms. The van der Waals surface area contributed by atoms with Crippen LogP contribution in [-0.2, 0) is 23.4 Å². The molecule has 0 saturated carbocycles. The first-order valence-corrected chi connectivity index (χ1v) is 10.1. The van der Waals surface area contributed by atoms with Crippen molar-refractivity contribution < 1.29 is 8.42 Å². The second kappa shape index (κ2) is 6.15. The van der Waals surface area contributed by atoms with Crippen molar-refractivity contribution in [3.8, 4) is 22.8 Å². The first-order chi connectivity index (χ1) is 12.0. The van der Waals surface area contributed by atoms with E-state index in [0.717, 1.165) is 22.8 Å². The third-order valence-electron chi connectivity index (χ3n) is 4.70. The predicted octanol–water partition coefficient (Wildman–Crippen LogP) is 2.39. The molecule has 0 amide bonds. The molecule has 6 nitrogen and oxygen atoms in total. The Kier molecular flexibility index (Phi) is 3.95. The Bertz CT molecular complexity index is 989. The molecule has 1 aromatic carbocycles. The number of sulfone groups is 1. The summed E-state index contributed by atoms with van der Waals surface area (Å²) in [6, 6.07) is 10.0. The van der Waals surface area contributed by atoms with E-state index in [1.165, 1.54) is 0 Å². The highest BCUT2D eigenvalue weighted by Crippen LogP contribution is 2.31.